The minimum absolute atomic E-state index is 0.135. The first-order chi connectivity index (χ1) is 16.0. The third-order valence-electron chi connectivity index (χ3n) is 5.79. The highest BCUT2D eigenvalue weighted by Crippen LogP contribution is 2.45. The molecule has 1 aliphatic heterocycles. The van der Waals surface area contributed by atoms with Gasteiger partial charge in [0.1, 0.15) is 6.04 Å². The van der Waals surface area contributed by atoms with E-state index in [0.717, 1.165) is 16.0 Å². The van der Waals surface area contributed by atoms with Crippen molar-refractivity contribution in [2.45, 2.75) is 25.8 Å². The highest BCUT2D eigenvalue weighted by atomic mass is 32.1. The number of aliphatic hydroxyl groups excluding tert-OH is 1. The van der Waals surface area contributed by atoms with E-state index in [1.54, 1.807) is 18.2 Å². The van der Waals surface area contributed by atoms with Crippen LogP contribution in [0.1, 0.15) is 28.5 Å². The Balaban J connectivity index is 1.74. The molecule has 33 heavy (non-hydrogen) atoms. The summed E-state index contributed by atoms with van der Waals surface area (Å²) in [5, 5.41) is 12.8. The molecule has 1 N–H and O–H groups in total. The van der Waals surface area contributed by atoms with Crippen molar-refractivity contribution in [2.24, 2.45) is 0 Å². The molecule has 7 heteroatoms. The molecule has 0 fully saturated rings. The monoisotopic (exact) mass is 463 g/mol. The van der Waals surface area contributed by atoms with E-state index in [0.29, 0.717) is 23.6 Å². The molecular formula is C26H25NO5S. The molecule has 0 aliphatic carbocycles. The van der Waals surface area contributed by atoms with E-state index in [9.17, 15) is 14.7 Å². The van der Waals surface area contributed by atoms with Crippen LogP contribution in [0.2, 0.25) is 0 Å². The maximum absolute atomic E-state index is 13.4. The van der Waals surface area contributed by atoms with E-state index in [1.807, 2.05) is 48.7 Å². The molecule has 0 bridgehead atoms. The van der Waals surface area contributed by atoms with Gasteiger partial charge in [0.15, 0.2) is 23.0 Å². The Morgan fingerprint density at radius 2 is 1.79 bits per heavy atom. The number of aliphatic hydroxyl groups is 1. The lowest BCUT2D eigenvalue weighted by Crippen LogP contribution is -2.31. The molecule has 0 radical (unpaired) electrons. The Hall–Kier alpha value is -3.58. The zero-order chi connectivity index (χ0) is 23.5. The van der Waals surface area contributed by atoms with Crippen molar-refractivity contribution < 1.29 is 24.2 Å². The molecule has 1 amide bonds. The lowest BCUT2D eigenvalue weighted by molar-refractivity contribution is -0.118. The van der Waals surface area contributed by atoms with E-state index in [2.05, 4.69) is 0 Å². The number of hydrogen-bond acceptors (Lipinski definition) is 6. The smallest absolute Gasteiger partial charge is 0.294 e. The van der Waals surface area contributed by atoms with E-state index >= 15 is 0 Å². The largest absolute Gasteiger partial charge is 0.503 e. The van der Waals surface area contributed by atoms with Crippen molar-refractivity contribution in [3.8, 4) is 11.5 Å². The summed E-state index contributed by atoms with van der Waals surface area (Å²) in [6.45, 7) is 1.94. The maximum atomic E-state index is 13.4. The summed E-state index contributed by atoms with van der Waals surface area (Å²) in [5.74, 6) is -0.380. The molecule has 0 saturated heterocycles. The Morgan fingerprint density at radius 1 is 1.06 bits per heavy atom. The number of amides is 1. The Morgan fingerprint density at radius 3 is 2.42 bits per heavy atom. The topological polar surface area (TPSA) is 76.1 Å². The number of aryl methyl sites for hydroxylation is 2. The normalized spacial score (nSPS) is 15.8. The van der Waals surface area contributed by atoms with Gasteiger partial charge < -0.3 is 14.6 Å². The fourth-order valence-corrected chi connectivity index (χ4v) is 5.11. The number of ketones is 1. The average Bonchev–Trinajstić information content (AvgIpc) is 3.37. The van der Waals surface area contributed by atoms with Crippen LogP contribution in [0.25, 0.3) is 0 Å². The minimum Gasteiger partial charge on any atom is -0.503 e. The van der Waals surface area contributed by atoms with Crippen molar-refractivity contribution >= 4 is 28.7 Å². The second-order valence-corrected chi connectivity index (χ2v) is 8.70. The molecule has 4 rings (SSSR count). The Bertz CT molecular complexity index is 1210. The molecule has 0 spiro atoms. The number of nitrogens with zero attached hydrogens (tertiary/aromatic N) is 1. The maximum Gasteiger partial charge on any atom is 0.294 e. The number of thiophene rings is 1. The molecule has 1 atom stereocenters. The quantitative estimate of drug-likeness (QED) is 0.498. The molecular weight excluding hydrogens is 438 g/mol. The van der Waals surface area contributed by atoms with Gasteiger partial charge >= 0.3 is 0 Å². The number of ether oxygens (including phenoxy) is 2. The number of anilines is 1. The number of benzene rings is 2. The summed E-state index contributed by atoms with van der Waals surface area (Å²) < 4.78 is 10.7. The predicted molar refractivity (Wildman–Crippen MR) is 128 cm³/mol. The molecule has 2 aromatic carbocycles. The van der Waals surface area contributed by atoms with Crippen molar-refractivity contribution in [3.63, 3.8) is 0 Å². The van der Waals surface area contributed by atoms with Crippen LogP contribution in [-0.4, -0.2) is 31.0 Å². The van der Waals surface area contributed by atoms with Gasteiger partial charge in [-0.3, -0.25) is 14.5 Å². The number of hydrogen-bond donors (Lipinski definition) is 1. The molecule has 0 saturated carbocycles. The van der Waals surface area contributed by atoms with Crippen LogP contribution in [-0.2, 0) is 16.0 Å². The standard InChI is InChI=1S/C26H25NO5S/c1-16-13-14-33-25(16)23-22(19(28)11-9-17-7-5-4-6-8-17)24(29)26(30)27(23)18-10-12-20(31-2)21(15-18)32-3/h4-8,10,12-15,23,29H,9,11H2,1-3H3. The molecule has 170 valence electrons. The van der Waals surface area contributed by atoms with E-state index < -0.39 is 17.7 Å². The summed E-state index contributed by atoms with van der Waals surface area (Å²) in [4.78, 5) is 28.9. The van der Waals surface area contributed by atoms with Crippen LogP contribution in [0.3, 0.4) is 0 Å². The van der Waals surface area contributed by atoms with Crippen molar-refractivity contribution in [1.82, 2.24) is 0 Å². The average molecular weight is 464 g/mol. The van der Waals surface area contributed by atoms with Crippen LogP contribution in [0.5, 0.6) is 11.5 Å². The first-order valence-electron chi connectivity index (χ1n) is 10.6. The van der Waals surface area contributed by atoms with Gasteiger partial charge in [-0.25, -0.2) is 0 Å². The van der Waals surface area contributed by atoms with Crippen LogP contribution in [0.4, 0.5) is 5.69 Å². The number of carbonyl (C=O) groups excluding carboxylic acids is 2. The summed E-state index contributed by atoms with van der Waals surface area (Å²) in [6, 6.07) is 16.0. The van der Waals surface area contributed by atoms with Gasteiger partial charge in [0.2, 0.25) is 0 Å². The lowest BCUT2D eigenvalue weighted by Gasteiger charge is -2.27. The van der Waals surface area contributed by atoms with Gasteiger partial charge in [0.05, 0.1) is 19.8 Å². The van der Waals surface area contributed by atoms with Gasteiger partial charge in [-0.1, -0.05) is 30.3 Å². The molecule has 1 unspecified atom stereocenters. The van der Waals surface area contributed by atoms with Crippen LogP contribution < -0.4 is 14.4 Å². The first-order valence-corrected chi connectivity index (χ1v) is 11.4. The summed E-state index contributed by atoms with van der Waals surface area (Å²) in [7, 11) is 3.05. The van der Waals surface area contributed by atoms with Crippen molar-refractivity contribution in [1.29, 1.82) is 0 Å². The van der Waals surface area contributed by atoms with Crippen LogP contribution >= 0.6 is 11.3 Å². The van der Waals surface area contributed by atoms with Crippen molar-refractivity contribution in [2.75, 3.05) is 19.1 Å². The van der Waals surface area contributed by atoms with Gasteiger partial charge in [-0.15, -0.1) is 11.3 Å². The van der Waals surface area contributed by atoms with Crippen molar-refractivity contribution in [3.05, 3.63) is 87.3 Å². The minimum atomic E-state index is -0.709. The molecule has 1 aromatic heterocycles. The SMILES string of the molecule is COc1ccc(N2C(=O)C(O)=C(C(=O)CCc3ccccc3)C2c2sccc2C)cc1OC. The van der Waals surface area contributed by atoms with E-state index in [-0.39, 0.29) is 17.8 Å². The number of methoxy groups -OCH3 is 2. The van der Waals surface area contributed by atoms with E-state index in [4.69, 9.17) is 9.47 Å². The third kappa shape index (κ3) is 4.24. The fourth-order valence-electron chi connectivity index (χ4n) is 4.08. The van der Waals surface area contributed by atoms with Crippen LogP contribution in [0, 0.1) is 6.92 Å². The second-order valence-electron chi connectivity index (χ2n) is 7.76. The van der Waals surface area contributed by atoms with Gasteiger partial charge in [-0.2, -0.15) is 0 Å². The molecule has 1 aliphatic rings. The highest BCUT2D eigenvalue weighted by Gasteiger charge is 2.45. The molecule has 2 heterocycles. The number of carbonyl (C=O) groups is 2. The van der Waals surface area contributed by atoms with Gasteiger partial charge in [0.25, 0.3) is 5.91 Å². The highest BCUT2D eigenvalue weighted by molar-refractivity contribution is 7.10. The van der Waals surface area contributed by atoms with Gasteiger partial charge in [0, 0.05) is 23.1 Å². The zero-order valence-electron chi connectivity index (χ0n) is 18.7. The van der Waals surface area contributed by atoms with E-state index in [1.165, 1.54) is 30.5 Å². The summed E-state index contributed by atoms with van der Waals surface area (Å²) >= 11 is 1.46. The fraction of sp³-hybridized carbons (Fsp3) is 0.231. The Kier molecular flexibility index (Phi) is 6.51. The second kappa shape index (κ2) is 9.50. The van der Waals surface area contributed by atoms with Gasteiger partial charge in [-0.05, 0) is 48.1 Å². The first kappa shape index (κ1) is 22.6. The molecule has 6 nitrogen and oxygen atoms in total. The summed E-state index contributed by atoms with van der Waals surface area (Å²) in [6.07, 6.45) is 0.717. The summed E-state index contributed by atoms with van der Waals surface area (Å²) in [5.41, 5.74) is 2.62. The predicted octanol–water partition coefficient (Wildman–Crippen LogP) is 5.18. The number of rotatable bonds is 8. The zero-order valence-corrected chi connectivity index (χ0v) is 19.5. The van der Waals surface area contributed by atoms with Crippen LogP contribution in [0.15, 0.2) is 71.3 Å². The number of Topliss-reactive ketones (excluding diaryl/α,β-unsaturated/α-hetero) is 1. The Labute approximate surface area is 196 Å². The lowest BCUT2D eigenvalue weighted by atomic mass is 9.95. The third-order valence-corrected chi connectivity index (χ3v) is 6.86. The molecule has 3 aromatic rings.